The Hall–Kier alpha value is -0.280. The van der Waals surface area contributed by atoms with Gasteiger partial charge in [-0.25, -0.2) is 0 Å². The van der Waals surface area contributed by atoms with Crippen LogP contribution in [0, 0.1) is 11.8 Å². The molecule has 1 amide bonds. The molecule has 0 radical (unpaired) electrons. The molecule has 82 valence electrons. The van der Waals surface area contributed by atoms with E-state index in [0.29, 0.717) is 11.8 Å². The number of halogens is 1. The van der Waals surface area contributed by atoms with Gasteiger partial charge in [-0.1, -0.05) is 6.42 Å². The fourth-order valence-corrected chi connectivity index (χ4v) is 1.95. The van der Waals surface area contributed by atoms with E-state index in [9.17, 15) is 4.79 Å². The second-order valence-electron chi connectivity index (χ2n) is 4.23. The van der Waals surface area contributed by atoms with Crippen LogP contribution in [0.5, 0.6) is 0 Å². The number of nitrogens with one attached hydrogen (secondary N) is 2. The summed E-state index contributed by atoms with van der Waals surface area (Å²) in [6, 6.07) is 0. The third-order valence-electron chi connectivity index (χ3n) is 3.20. The molecular weight excluding hydrogens is 200 g/mol. The molecule has 2 rings (SSSR count). The van der Waals surface area contributed by atoms with Gasteiger partial charge in [0.2, 0.25) is 5.91 Å². The highest BCUT2D eigenvalue weighted by Crippen LogP contribution is 2.26. The quantitative estimate of drug-likeness (QED) is 0.740. The summed E-state index contributed by atoms with van der Waals surface area (Å²) < 4.78 is 0. The van der Waals surface area contributed by atoms with E-state index in [1.54, 1.807) is 0 Å². The molecule has 1 heterocycles. The average molecular weight is 219 g/mol. The molecule has 0 unspecified atom stereocenters. The standard InChI is InChI=1S/C10H18N2O.ClH/c13-10(9-2-1-3-9)12-7-8-4-5-11-6-8;/h8-9,11H,1-7H2,(H,12,13);1H/t8-;/m1./s1. The van der Waals surface area contributed by atoms with Crippen molar-refractivity contribution in [3.05, 3.63) is 0 Å². The van der Waals surface area contributed by atoms with Crippen LogP contribution in [0.1, 0.15) is 25.7 Å². The van der Waals surface area contributed by atoms with E-state index in [1.807, 2.05) is 0 Å². The highest BCUT2D eigenvalue weighted by molar-refractivity contribution is 5.85. The summed E-state index contributed by atoms with van der Waals surface area (Å²) >= 11 is 0. The lowest BCUT2D eigenvalue weighted by molar-refractivity contribution is -0.127. The van der Waals surface area contributed by atoms with Crippen molar-refractivity contribution in [2.24, 2.45) is 11.8 Å². The van der Waals surface area contributed by atoms with Crippen molar-refractivity contribution in [1.82, 2.24) is 10.6 Å². The van der Waals surface area contributed by atoms with Gasteiger partial charge in [0.05, 0.1) is 0 Å². The van der Waals surface area contributed by atoms with Crippen molar-refractivity contribution in [2.75, 3.05) is 19.6 Å². The first-order chi connectivity index (χ1) is 6.36. The summed E-state index contributed by atoms with van der Waals surface area (Å²) in [5.41, 5.74) is 0. The highest BCUT2D eigenvalue weighted by Gasteiger charge is 2.25. The van der Waals surface area contributed by atoms with Crippen LogP contribution in [-0.2, 0) is 4.79 Å². The lowest BCUT2D eigenvalue weighted by atomic mass is 9.85. The van der Waals surface area contributed by atoms with Crippen molar-refractivity contribution in [2.45, 2.75) is 25.7 Å². The van der Waals surface area contributed by atoms with Crippen LogP contribution in [0.4, 0.5) is 0 Å². The number of carbonyl (C=O) groups excluding carboxylic acids is 1. The van der Waals surface area contributed by atoms with Crippen LogP contribution in [-0.4, -0.2) is 25.5 Å². The second kappa shape index (κ2) is 5.56. The molecule has 3 nitrogen and oxygen atoms in total. The van der Waals surface area contributed by atoms with E-state index in [0.717, 1.165) is 32.5 Å². The Morgan fingerprint density at radius 2 is 2.14 bits per heavy atom. The van der Waals surface area contributed by atoms with Crippen molar-refractivity contribution >= 4 is 18.3 Å². The normalized spacial score (nSPS) is 26.4. The minimum atomic E-state index is 0. The molecule has 0 aromatic carbocycles. The van der Waals surface area contributed by atoms with Gasteiger partial charge in [-0.05, 0) is 38.3 Å². The summed E-state index contributed by atoms with van der Waals surface area (Å²) in [5, 5.41) is 6.35. The number of amides is 1. The zero-order valence-electron chi connectivity index (χ0n) is 8.42. The number of hydrogen-bond donors (Lipinski definition) is 2. The van der Waals surface area contributed by atoms with Gasteiger partial charge in [-0.15, -0.1) is 12.4 Å². The summed E-state index contributed by atoms with van der Waals surface area (Å²) in [6.45, 7) is 3.07. The van der Waals surface area contributed by atoms with Crippen molar-refractivity contribution in [3.8, 4) is 0 Å². The zero-order chi connectivity index (χ0) is 9.10. The molecule has 4 heteroatoms. The fraction of sp³-hybridized carbons (Fsp3) is 0.900. The molecule has 2 N–H and O–H groups in total. The second-order valence-corrected chi connectivity index (χ2v) is 4.23. The SMILES string of the molecule is Cl.O=C(NC[C@@H]1CCNC1)C1CCC1. The number of hydrogen-bond acceptors (Lipinski definition) is 2. The Kier molecular flexibility index (Phi) is 4.69. The third kappa shape index (κ3) is 2.85. The van der Waals surface area contributed by atoms with Crippen LogP contribution >= 0.6 is 12.4 Å². The lowest BCUT2D eigenvalue weighted by Gasteiger charge is -2.24. The maximum Gasteiger partial charge on any atom is 0.223 e. The van der Waals surface area contributed by atoms with Crippen molar-refractivity contribution in [1.29, 1.82) is 0 Å². The summed E-state index contributed by atoms with van der Waals surface area (Å²) in [7, 11) is 0. The first kappa shape index (κ1) is 11.8. The Labute approximate surface area is 91.4 Å². The molecule has 1 saturated heterocycles. The molecule has 1 aliphatic carbocycles. The minimum Gasteiger partial charge on any atom is -0.356 e. The molecule has 14 heavy (non-hydrogen) atoms. The van der Waals surface area contributed by atoms with E-state index in [4.69, 9.17) is 0 Å². The third-order valence-corrected chi connectivity index (χ3v) is 3.20. The number of rotatable bonds is 3. The van der Waals surface area contributed by atoms with Crippen LogP contribution in [0.15, 0.2) is 0 Å². The summed E-state index contributed by atoms with van der Waals surface area (Å²) in [6.07, 6.45) is 4.66. The van der Waals surface area contributed by atoms with Gasteiger partial charge in [-0.2, -0.15) is 0 Å². The minimum absolute atomic E-state index is 0. The first-order valence-electron chi connectivity index (χ1n) is 5.34. The van der Waals surface area contributed by atoms with Gasteiger partial charge in [0.15, 0.2) is 0 Å². The fourth-order valence-electron chi connectivity index (χ4n) is 1.95. The molecule has 0 spiro atoms. The predicted molar refractivity (Wildman–Crippen MR) is 58.6 cm³/mol. The lowest BCUT2D eigenvalue weighted by Crippen LogP contribution is -2.37. The number of carbonyl (C=O) groups is 1. The van der Waals surface area contributed by atoms with Crippen LogP contribution < -0.4 is 10.6 Å². The van der Waals surface area contributed by atoms with E-state index >= 15 is 0 Å². The van der Waals surface area contributed by atoms with Gasteiger partial charge >= 0.3 is 0 Å². The maximum atomic E-state index is 11.5. The molecule has 2 aliphatic rings. The van der Waals surface area contributed by atoms with Crippen molar-refractivity contribution < 1.29 is 4.79 Å². The van der Waals surface area contributed by atoms with Gasteiger partial charge in [-0.3, -0.25) is 4.79 Å². The Morgan fingerprint density at radius 1 is 1.36 bits per heavy atom. The Balaban J connectivity index is 0.000000980. The molecule has 1 atom stereocenters. The average Bonchev–Trinajstić information content (AvgIpc) is 2.49. The van der Waals surface area contributed by atoms with Gasteiger partial charge in [0.25, 0.3) is 0 Å². The highest BCUT2D eigenvalue weighted by atomic mass is 35.5. The molecule has 0 bridgehead atoms. The molecule has 2 fully saturated rings. The largest absolute Gasteiger partial charge is 0.356 e. The molecular formula is C10H19ClN2O. The van der Waals surface area contributed by atoms with Gasteiger partial charge in [0.1, 0.15) is 0 Å². The Bertz CT molecular complexity index is 189. The monoisotopic (exact) mass is 218 g/mol. The Morgan fingerprint density at radius 3 is 2.64 bits per heavy atom. The van der Waals surface area contributed by atoms with E-state index in [1.165, 1.54) is 12.8 Å². The summed E-state index contributed by atoms with van der Waals surface area (Å²) in [5.74, 6) is 1.30. The van der Waals surface area contributed by atoms with Gasteiger partial charge < -0.3 is 10.6 Å². The van der Waals surface area contributed by atoms with Crippen LogP contribution in [0.25, 0.3) is 0 Å². The van der Waals surface area contributed by atoms with Crippen molar-refractivity contribution in [3.63, 3.8) is 0 Å². The molecule has 1 aliphatic heterocycles. The van der Waals surface area contributed by atoms with Gasteiger partial charge in [0, 0.05) is 12.5 Å². The first-order valence-corrected chi connectivity index (χ1v) is 5.34. The van der Waals surface area contributed by atoms with E-state index in [-0.39, 0.29) is 18.3 Å². The topological polar surface area (TPSA) is 41.1 Å². The molecule has 0 aromatic heterocycles. The van der Waals surface area contributed by atoms with Crippen LogP contribution in [0.3, 0.4) is 0 Å². The predicted octanol–water partition coefficient (Wildman–Crippen LogP) is 0.934. The zero-order valence-corrected chi connectivity index (χ0v) is 9.24. The smallest absolute Gasteiger partial charge is 0.223 e. The molecule has 0 aromatic rings. The van der Waals surface area contributed by atoms with E-state index in [2.05, 4.69) is 10.6 Å². The summed E-state index contributed by atoms with van der Waals surface area (Å²) in [4.78, 5) is 11.5. The maximum absolute atomic E-state index is 11.5. The van der Waals surface area contributed by atoms with E-state index < -0.39 is 0 Å². The molecule has 1 saturated carbocycles. The van der Waals surface area contributed by atoms with Crippen LogP contribution in [0.2, 0.25) is 0 Å².